The van der Waals surface area contributed by atoms with Crippen LogP contribution in [-0.2, 0) is 13.0 Å². The number of nitriles is 1. The van der Waals surface area contributed by atoms with Crippen molar-refractivity contribution in [3.63, 3.8) is 0 Å². The summed E-state index contributed by atoms with van der Waals surface area (Å²) in [6, 6.07) is 14.0. The smallest absolute Gasteiger partial charge is 0.193 e. The molecule has 5 heteroatoms. The Balaban J connectivity index is 1.99. The molecule has 0 amide bonds. The Morgan fingerprint density at radius 2 is 2.22 bits per heavy atom. The Morgan fingerprint density at radius 3 is 2.91 bits per heavy atom. The first-order valence-corrected chi connectivity index (χ1v) is 8.61. The van der Waals surface area contributed by atoms with Gasteiger partial charge in [-0.1, -0.05) is 18.2 Å². The number of likely N-dealkylation sites (N-methyl/N-ethyl adjacent to an activating group) is 1. The van der Waals surface area contributed by atoms with Crippen LogP contribution in [0.15, 0.2) is 46.8 Å². The van der Waals surface area contributed by atoms with E-state index in [1.54, 1.807) is 11.3 Å². The predicted octanol–water partition coefficient (Wildman–Crippen LogP) is 3.26. The van der Waals surface area contributed by atoms with Crippen molar-refractivity contribution in [2.75, 3.05) is 20.1 Å². The molecule has 0 saturated carbocycles. The van der Waals surface area contributed by atoms with E-state index in [1.165, 1.54) is 4.88 Å². The van der Waals surface area contributed by atoms with Gasteiger partial charge in [-0.15, -0.1) is 11.3 Å². The average Bonchev–Trinajstić information content (AvgIpc) is 3.10. The number of hydrogen-bond donors (Lipinski definition) is 1. The monoisotopic (exact) mass is 326 g/mol. The van der Waals surface area contributed by atoms with Crippen LogP contribution in [0.4, 0.5) is 0 Å². The number of hydrogen-bond acceptors (Lipinski definition) is 3. The second-order valence-corrected chi connectivity index (χ2v) is 6.27. The summed E-state index contributed by atoms with van der Waals surface area (Å²) in [7, 11) is 2.06. The fraction of sp³-hybridized carbons (Fsp3) is 0.333. The van der Waals surface area contributed by atoms with E-state index >= 15 is 0 Å². The highest BCUT2D eigenvalue weighted by molar-refractivity contribution is 7.09. The molecule has 0 atom stereocenters. The first kappa shape index (κ1) is 17.0. The van der Waals surface area contributed by atoms with Crippen LogP contribution in [0.2, 0.25) is 0 Å². The molecular formula is C18H22N4S. The highest BCUT2D eigenvalue weighted by atomic mass is 32.1. The third-order valence-electron chi connectivity index (χ3n) is 3.44. The summed E-state index contributed by atoms with van der Waals surface area (Å²) >= 11 is 1.79. The molecule has 0 unspecified atom stereocenters. The van der Waals surface area contributed by atoms with Gasteiger partial charge >= 0.3 is 0 Å². The summed E-state index contributed by atoms with van der Waals surface area (Å²) in [6.45, 7) is 4.39. The average molecular weight is 326 g/mol. The second-order valence-electron chi connectivity index (χ2n) is 5.23. The molecule has 1 N–H and O–H groups in total. The molecule has 2 rings (SSSR count). The van der Waals surface area contributed by atoms with Crippen molar-refractivity contribution in [2.24, 2.45) is 4.99 Å². The third kappa shape index (κ3) is 5.42. The van der Waals surface area contributed by atoms with Gasteiger partial charge in [0.2, 0.25) is 0 Å². The SMILES string of the molecule is CCNC(=NCc1cccc(C#N)c1)N(C)CCc1cccs1. The van der Waals surface area contributed by atoms with Crippen molar-refractivity contribution in [1.82, 2.24) is 10.2 Å². The third-order valence-corrected chi connectivity index (χ3v) is 4.37. The molecule has 0 spiro atoms. The quantitative estimate of drug-likeness (QED) is 0.655. The Hall–Kier alpha value is -2.32. The minimum Gasteiger partial charge on any atom is -0.357 e. The minimum atomic E-state index is 0.571. The summed E-state index contributed by atoms with van der Waals surface area (Å²) in [4.78, 5) is 8.22. The van der Waals surface area contributed by atoms with E-state index in [0.717, 1.165) is 31.0 Å². The van der Waals surface area contributed by atoms with Gasteiger partial charge in [0.15, 0.2) is 5.96 Å². The van der Waals surface area contributed by atoms with Crippen molar-refractivity contribution >= 4 is 17.3 Å². The molecule has 2 aromatic rings. The maximum Gasteiger partial charge on any atom is 0.193 e. The Kier molecular flexibility index (Phi) is 6.64. The predicted molar refractivity (Wildman–Crippen MR) is 96.6 cm³/mol. The van der Waals surface area contributed by atoms with E-state index in [2.05, 4.69) is 52.8 Å². The van der Waals surface area contributed by atoms with Crippen molar-refractivity contribution in [3.05, 3.63) is 57.8 Å². The van der Waals surface area contributed by atoms with Crippen LogP contribution >= 0.6 is 11.3 Å². The highest BCUT2D eigenvalue weighted by Crippen LogP contribution is 2.10. The number of nitrogens with one attached hydrogen (secondary N) is 1. The number of rotatable bonds is 6. The van der Waals surface area contributed by atoms with E-state index in [9.17, 15) is 0 Å². The fourth-order valence-corrected chi connectivity index (χ4v) is 2.91. The number of aliphatic imine (C=N–C) groups is 1. The molecular weight excluding hydrogens is 304 g/mol. The molecule has 1 aromatic heterocycles. The normalized spacial score (nSPS) is 11.1. The molecule has 0 aliphatic rings. The number of benzene rings is 1. The Bertz CT molecular complexity index is 671. The lowest BCUT2D eigenvalue weighted by Crippen LogP contribution is -2.39. The van der Waals surface area contributed by atoms with Gasteiger partial charge < -0.3 is 10.2 Å². The van der Waals surface area contributed by atoms with Crippen molar-refractivity contribution in [2.45, 2.75) is 19.9 Å². The fourth-order valence-electron chi connectivity index (χ4n) is 2.21. The zero-order valence-electron chi connectivity index (χ0n) is 13.6. The van der Waals surface area contributed by atoms with Gasteiger partial charge in [-0.2, -0.15) is 5.26 Å². The lowest BCUT2D eigenvalue weighted by molar-refractivity contribution is 0.486. The van der Waals surface area contributed by atoms with Gasteiger partial charge in [0.1, 0.15) is 0 Å². The van der Waals surface area contributed by atoms with Crippen LogP contribution in [0.25, 0.3) is 0 Å². The Morgan fingerprint density at radius 1 is 1.35 bits per heavy atom. The van der Waals surface area contributed by atoms with Crippen molar-refractivity contribution < 1.29 is 0 Å². The van der Waals surface area contributed by atoms with Crippen LogP contribution < -0.4 is 5.32 Å². The summed E-state index contributed by atoms with van der Waals surface area (Å²) in [6.07, 6.45) is 1.02. The van der Waals surface area contributed by atoms with Crippen LogP contribution in [0.1, 0.15) is 22.9 Å². The molecule has 0 saturated heterocycles. The van der Waals surface area contributed by atoms with Crippen LogP contribution in [0.3, 0.4) is 0 Å². The minimum absolute atomic E-state index is 0.571. The zero-order chi connectivity index (χ0) is 16.5. The summed E-state index contributed by atoms with van der Waals surface area (Å²) < 4.78 is 0. The molecule has 23 heavy (non-hydrogen) atoms. The molecule has 120 valence electrons. The van der Waals surface area contributed by atoms with Crippen LogP contribution in [-0.4, -0.2) is 31.0 Å². The van der Waals surface area contributed by atoms with Gasteiger partial charge in [-0.25, -0.2) is 4.99 Å². The summed E-state index contributed by atoms with van der Waals surface area (Å²) in [5, 5.41) is 14.4. The standard InChI is InChI=1S/C18H22N4S/c1-3-20-18(22(2)10-9-17-8-5-11-23-17)21-14-16-7-4-6-15(12-16)13-19/h4-8,11-12H,3,9-10,14H2,1-2H3,(H,20,21). The zero-order valence-corrected chi connectivity index (χ0v) is 14.4. The van der Waals surface area contributed by atoms with E-state index < -0.39 is 0 Å². The summed E-state index contributed by atoms with van der Waals surface area (Å²) in [5.74, 6) is 0.895. The molecule has 0 aliphatic carbocycles. The van der Waals surface area contributed by atoms with E-state index in [0.29, 0.717) is 12.1 Å². The first-order chi connectivity index (χ1) is 11.2. The van der Waals surface area contributed by atoms with Gasteiger partial charge in [-0.05, 0) is 42.5 Å². The van der Waals surface area contributed by atoms with Gasteiger partial charge in [0.25, 0.3) is 0 Å². The lowest BCUT2D eigenvalue weighted by atomic mass is 10.1. The van der Waals surface area contributed by atoms with Gasteiger partial charge in [-0.3, -0.25) is 0 Å². The molecule has 0 fully saturated rings. The van der Waals surface area contributed by atoms with Gasteiger partial charge in [0, 0.05) is 25.0 Å². The van der Waals surface area contributed by atoms with Crippen molar-refractivity contribution in [3.8, 4) is 6.07 Å². The molecule has 4 nitrogen and oxygen atoms in total. The summed E-state index contributed by atoms with van der Waals surface area (Å²) in [5.41, 5.74) is 1.72. The van der Waals surface area contributed by atoms with Gasteiger partial charge in [0.05, 0.1) is 18.2 Å². The Labute approximate surface area is 142 Å². The van der Waals surface area contributed by atoms with Crippen molar-refractivity contribution in [1.29, 1.82) is 5.26 Å². The first-order valence-electron chi connectivity index (χ1n) is 7.73. The lowest BCUT2D eigenvalue weighted by Gasteiger charge is -2.21. The molecule has 0 aliphatic heterocycles. The molecule has 1 heterocycles. The second kappa shape index (κ2) is 8.96. The molecule has 1 aromatic carbocycles. The molecule has 0 bridgehead atoms. The maximum absolute atomic E-state index is 8.97. The largest absolute Gasteiger partial charge is 0.357 e. The van der Waals surface area contributed by atoms with Crippen LogP contribution in [0, 0.1) is 11.3 Å². The number of nitrogens with zero attached hydrogens (tertiary/aromatic N) is 3. The van der Waals surface area contributed by atoms with E-state index in [4.69, 9.17) is 5.26 Å². The molecule has 0 radical (unpaired) electrons. The van der Waals surface area contributed by atoms with Crippen LogP contribution in [0.5, 0.6) is 0 Å². The van der Waals surface area contributed by atoms with E-state index in [1.807, 2.05) is 24.3 Å². The number of guanidine groups is 1. The maximum atomic E-state index is 8.97. The highest BCUT2D eigenvalue weighted by Gasteiger charge is 2.06. The van der Waals surface area contributed by atoms with E-state index in [-0.39, 0.29) is 0 Å². The topological polar surface area (TPSA) is 51.4 Å². The number of thiophene rings is 1.